The van der Waals surface area contributed by atoms with E-state index in [2.05, 4.69) is 29.6 Å². The Morgan fingerprint density at radius 3 is 2.31 bits per heavy atom. The lowest BCUT2D eigenvalue weighted by Gasteiger charge is -2.37. The molecule has 2 aromatic carbocycles. The van der Waals surface area contributed by atoms with E-state index in [-0.39, 0.29) is 36.3 Å². The van der Waals surface area contributed by atoms with Gasteiger partial charge in [0.25, 0.3) is 0 Å². The minimum atomic E-state index is -0.765. The number of carboxylic acids is 1. The van der Waals surface area contributed by atoms with E-state index < -0.39 is 17.5 Å². The van der Waals surface area contributed by atoms with Crippen LogP contribution in [0.1, 0.15) is 49.1 Å². The quantitative estimate of drug-likeness (QED) is 0.683. The highest BCUT2D eigenvalue weighted by atomic mass is 16.5. The molecule has 3 aliphatic carbocycles. The number of aliphatic carboxylic acids is 1. The molecular weight excluding hydrogens is 444 g/mol. The SMILES string of the molecule is O=C(NC1CC(C(=O)N2CC3CCCC3(C(=O)O)C2)C1)OCC1c2ccccc2-c2ccccc21. The summed E-state index contributed by atoms with van der Waals surface area (Å²) in [6.45, 7) is 1.14. The number of carboxylic acid groups (broad SMARTS) is 1. The molecule has 35 heavy (non-hydrogen) atoms. The summed E-state index contributed by atoms with van der Waals surface area (Å²) in [4.78, 5) is 39.1. The zero-order valence-electron chi connectivity index (χ0n) is 19.6. The van der Waals surface area contributed by atoms with Gasteiger partial charge in [-0.25, -0.2) is 4.79 Å². The zero-order chi connectivity index (χ0) is 24.2. The van der Waals surface area contributed by atoms with Gasteiger partial charge in [0.05, 0.1) is 5.41 Å². The highest BCUT2D eigenvalue weighted by molar-refractivity contribution is 5.84. The molecule has 4 aliphatic rings. The molecule has 2 unspecified atom stereocenters. The number of hydrogen-bond acceptors (Lipinski definition) is 4. The Morgan fingerprint density at radius 2 is 1.69 bits per heavy atom. The molecule has 1 saturated heterocycles. The van der Waals surface area contributed by atoms with Crippen LogP contribution in [0.15, 0.2) is 48.5 Å². The number of fused-ring (bicyclic) bond motifs is 4. The van der Waals surface area contributed by atoms with E-state index in [9.17, 15) is 19.5 Å². The second kappa shape index (κ2) is 8.40. The number of rotatable bonds is 5. The second-order valence-electron chi connectivity index (χ2n) is 10.6. The van der Waals surface area contributed by atoms with Gasteiger partial charge < -0.3 is 20.1 Å². The van der Waals surface area contributed by atoms with E-state index >= 15 is 0 Å². The fraction of sp³-hybridized carbons (Fsp3) is 0.464. The predicted molar refractivity (Wildman–Crippen MR) is 129 cm³/mol. The number of carbonyl (C=O) groups excluding carboxylic acids is 2. The molecule has 182 valence electrons. The van der Waals surface area contributed by atoms with Crippen molar-refractivity contribution < 1.29 is 24.2 Å². The average molecular weight is 475 g/mol. The van der Waals surface area contributed by atoms with Gasteiger partial charge in [0.2, 0.25) is 5.91 Å². The number of benzene rings is 2. The number of nitrogens with zero attached hydrogens (tertiary/aromatic N) is 1. The molecule has 0 spiro atoms. The van der Waals surface area contributed by atoms with Gasteiger partial charge in [0.1, 0.15) is 6.61 Å². The molecule has 1 aliphatic heterocycles. The number of ether oxygens (including phenoxy) is 1. The lowest BCUT2D eigenvalue weighted by atomic mass is 9.79. The fourth-order valence-corrected chi connectivity index (χ4v) is 6.81. The lowest BCUT2D eigenvalue weighted by molar-refractivity contribution is -0.150. The zero-order valence-corrected chi connectivity index (χ0v) is 19.6. The summed E-state index contributed by atoms with van der Waals surface area (Å²) in [6, 6.07) is 16.4. The van der Waals surface area contributed by atoms with Crippen molar-refractivity contribution in [2.24, 2.45) is 17.3 Å². The number of carbonyl (C=O) groups is 3. The van der Waals surface area contributed by atoms with Gasteiger partial charge in [0.15, 0.2) is 0 Å². The first-order chi connectivity index (χ1) is 17.0. The van der Waals surface area contributed by atoms with Gasteiger partial charge in [-0.05, 0) is 53.9 Å². The summed E-state index contributed by atoms with van der Waals surface area (Å²) in [7, 11) is 0. The van der Waals surface area contributed by atoms with Crippen LogP contribution in [0.4, 0.5) is 4.79 Å². The van der Waals surface area contributed by atoms with Crippen molar-refractivity contribution in [1.29, 1.82) is 0 Å². The van der Waals surface area contributed by atoms with Gasteiger partial charge in [0, 0.05) is 31.0 Å². The van der Waals surface area contributed by atoms with Crippen LogP contribution in [0.3, 0.4) is 0 Å². The minimum absolute atomic E-state index is 0.0139. The molecule has 0 bridgehead atoms. The van der Waals surface area contributed by atoms with Crippen LogP contribution in [0.2, 0.25) is 0 Å². The summed E-state index contributed by atoms with van der Waals surface area (Å²) in [5.41, 5.74) is 3.97. The summed E-state index contributed by atoms with van der Waals surface area (Å²) >= 11 is 0. The van der Waals surface area contributed by atoms with Crippen molar-refractivity contribution in [2.75, 3.05) is 19.7 Å². The third-order valence-corrected chi connectivity index (χ3v) is 8.76. The largest absolute Gasteiger partial charge is 0.481 e. The maximum atomic E-state index is 13.0. The third-order valence-electron chi connectivity index (χ3n) is 8.76. The Morgan fingerprint density at radius 1 is 1.03 bits per heavy atom. The maximum Gasteiger partial charge on any atom is 0.407 e. The molecule has 7 nitrogen and oxygen atoms in total. The fourth-order valence-electron chi connectivity index (χ4n) is 6.81. The molecule has 6 rings (SSSR count). The molecule has 7 heteroatoms. The minimum Gasteiger partial charge on any atom is -0.481 e. The van der Waals surface area contributed by atoms with E-state index in [1.54, 1.807) is 4.90 Å². The van der Waals surface area contributed by atoms with Crippen molar-refractivity contribution in [3.63, 3.8) is 0 Å². The monoisotopic (exact) mass is 474 g/mol. The van der Waals surface area contributed by atoms with Crippen molar-refractivity contribution in [1.82, 2.24) is 10.2 Å². The summed E-state index contributed by atoms with van der Waals surface area (Å²) < 4.78 is 5.62. The molecule has 0 aromatic heterocycles. The summed E-state index contributed by atoms with van der Waals surface area (Å²) in [6.07, 6.45) is 3.16. The maximum absolute atomic E-state index is 13.0. The molecule has 2 aromatic rings. The van der Waals surface area contributed by atoms with Crippen molar-refractivity contribution in [2.45, 2.75) is 44.1 Å². The normalized spacial score (nSPS) is 28.6. The number of nitrogens with one attached hydrogen (secondary N) is 1. The van der Waals surface area contributed by atoms with E-state index in [4.69, 9.17) is 4.74 Å². The smallest absolute Gasteiger partial charge is 0.407 e. The highest BCUT2D eigenvalue weighted by Gasteiger charge is 2.56. The topological polar surface area (TPSA) is 95.9 Å². The molecular formula is C28H30N2O5. The second-order valence-corrected chi connectivity index (χ2v) is 10.6. The highest BCUT2D eigenvalue weighted by Crippen LogP contribution is 2.50. The average Bonchev–Trinajstić information content (AvgIpc) is 3.49. The Kier molecular flexibility index (Phi) is 5.31. The van der Waals surface area contributed by atoms with Gasteiger partial charge in [-0.1, -0.05) is 55.0 Å². The molecule has 2 atom stereocenters. The first-order valence-electron chi connectivity index (χ1n) is 12.6. The number of alkyl carbamates (subject to hydrolysis) is 1. The molecule has 2 N–H and O–H groups in total. The molecule has 0 radical (unpaired) electrons. The van der Waals surface area contributed by atoms with Crippen molar-refractivity contribution in [3.8, 4) is 11.1 Å². The van der Waals surface area contributed by atoms with Crippen LogP contribution in [0.25, 0.3) is 11.1 Å². The van der Waals surface area contributed by atoms with Crippen LogP contribution < -0.4 is 5.32 Å². The van der Waals surface area contributed by atoms with Crippen LogP contribution in [-0.4, -0.2) is 53.7 Å². The van der Waals surface area contributed by atoms with E-state index in [0.717, 1.165) is 12.8 Å². The van der Waals surface area contributed by atoms with E-state index in [1.807, 2.05) is 24.3 Å². The molecule has 2 saturated carbocycles. The van der Waals surface area contributed by atoms with Crippen molar-refractivity contribution >= 4 is 18.0 Å². The van der Waals surface area contributed by atoms with Crippen LogP contribution in [0.5, 0.6) is 0 Å². The Labute approximate surface area is 204 Å². The van der Waals surface area contributed by atoms with Gasteiger partial charge in [-0.3, -0.25) is 9.59 Å². The van der Waals surface area contributed by atoms with Gasteiger partial charge in [-0.2, -0.15) is 0 Å². The van der Waals surface area contributed by atoms with E-state index in [0.29, 0.717) is 32.4 Å². The third kappa shape index (κ3) is 3.60. The van der Waals surface area contributed by atoms with Crippen molar-refractivity contribution in [3.05, 3.63) is 59.7 Å². The Bertz CT molecular complexity index is 1140. The molecule has 1 heterocycles. The number of hydrogen-bond donors (Lipinski definition) is 2. The van der Waals surface area contributed by atoms with Gasteiger partial charge in [-0.15, -0.1) is 0 Å². The first-order valence-corrected chi connectivity index (χ1v) is 12.6. The van der Waals surface area contributed by atoms with Gasteiger partial charge >= 0.3 is 12.1 Å². The summed E-state index contributed by atoms with van der Waals surface area (Å²) in [5.74, 6) is -0.804. The standard InChI is InChI=1S/C28H30N2O5/c31-25(30-14-18-6-5-11-28(18,16-30)26(32)33)17-12-19(13-17)29-27(34)35-15-24-22-9-3-1-7-20(22)21-8-2-4-10-23(21)24/h1-4,7-10,17-19,24H,5-6,11-16H2,(H,29,34)(H,32,33). The Balaban J connectivity index is 1.00. The predicted octanol–water partition coefficient (Wildman–Crippen LogP) is 4.02. The summed E-state index contributed by atoms with van der Waals surface area (Å²) in [5, 5.41) is 12.7. The molecule has 2 amide bonds. The van der Waals surface area contributed by atoms with E-state index in [1.165, 1.54) is 22.3 Å². The van der Waals surface area contributed by atoms with Crippen LogP contribution >= 0.6 is 0 Å². The van der Waals surface area contributed by atoms with Crippen LogP contribution in [-0.2, 0) is 14.3 Å². The lowest BCUT2D eigenvalue weighted by Crippen LogP contribution is -2.50. The van der Waals surface area contributed by atoms with Crippen LogP contribution in [0, 0.1) is 17.3 Å². The first kappa shape index (κ1) is 22.1. The number of amides is 2. The molecule has 3 fully saturated rings. The Hall–Kier alpha value is -3.35. The number of likely N-dealkylation sites (tertiary alicyclic amines) is 1.